The number of anilines is 1. The van der Waals surface area contributed by atoms with Crippen molar-refractivity contribution >= 4 is 29.1 Å². The van der Waals surface area contributed by atoms with Crippen LogP contribution in [0.15, 0.2) is 72.8 Å². The normalized spacial score (nSPS) is 24.2. The van der Waals surface area contributed by atoms with E-state index in [1.54, 1.807) is 36.4 Å². The number of rotatable bonds is 2. The number of hydrogen-bond acceptors (Lipinski definition) is 5. The monoisotopic (exact) mass is 505 g/mol. The standard InChI is InChI=1S/C28H18F3NO5/c1-14-10-12-15(13-11-14)22-20-21(27(37-22)23(33)16-6-2-3-7-17(16)24(27)34)26(36)32(25(20)35)19-9-5-4-8-18(19)28(29,30)31/h2-13,20-22H,1H3. The maximum atomic E-state index is 13.9. The van der Waals surface area contributed by atoms with E-state index in [1.165, 1.54) is 18.2 Å². The number of imide groups is 1. The molecule has 2 saturated heterocycles. The van der Waals surface area contributed by atoms with Crippen LogP contribution < -0.4 is 4.90 Å². The van der Waals surface area contributed by atoms with E-state index in [0.717, 1.165) is 23.8 Å². The number of carbonyl (C=O) groups excluding carboxylic acids is 4. The molecule has 0 radical (unpaired) electrons. The van der Waals surface area contributed by atoms with Crippen LogP contribution in [-0.2, 0) is 20.5 Å². The van der Waals surface area contributed by atoms with Crippen molar-refractivity contribution in [1.29, 1.82) is 0 Å². The Bertz CT molecular complexity index is 1480. The highest BCUT2D eigenvalue weighted by Crippen LogP contribution is 2.58. The lowest BCUT2D eigenvalue weighted by Gasteiger charge is -2.28. The molecule has 37 heavy (non-hydrogen) atoms. The molecule has 3 aromatic carbocycles. The molecule has 0 bridgehead atoms. The molecule has 2 heterocycles. The Labute approximate surface area is 208 Å². The van der Waals surface area contributed by atoms with Crippen LogP contribution in [0.25, 0.3) is 0 Å². The minimum Gasteiger partial charge on any atom is -0.349 e. The molecule has 2 fully saturated rings. The Balaban J connectivity index is 1.56. The van der Waals surface area contributed by atoms with E-state index in [1.807, 2.05) is 6.92 Å². The molecule has 0 N–H and O–H groups in total. The second kappa shape index (κ2) is 7.69. The molecule has 0 aromatic heterocycles. The number of fused-ring (bicyclic) bond motifs is 3. The minimum absolute atomic E-state index is 0.0465. The Morgan fingerprint density at radius 2 is 1.35 bits per heavy atom. The summed E-state index contributed by atoms with van der Waals surface area (Å²) < 4.78 is 47.7. The highest BCUT2D eigenvalue weighted by molar-refractivity contribution is 6.37. The first-order valence-electron chi connectivity index (χ1n) is 11.5. The summed E-state index contributed by atoms with van der Waals surface area (Å²) in [5, 5.41) is 0. The lowest BCUT2D eigenvalue weighted by Crippen LogP contribution is -2.51. The number of carbonyl (C=O) groups is 4. The third kappa shape index (κ3) is 3.03. The summed E-state index contributed by atoms with van der Waals surface area (Å²) in [6.45, 7) is 1.84. The maximum absolute atomic E-state index is 13.9. The summed E-state index contributed by atoms with van der Waals surface area (Å²) in [5.74, 6) is -6.57. The predicted octanol–water partition coefficient (Wildman–Crippen LogP) is 4.71. The molecule has 3 aromatic rings. The fraction of sp³-hybridized carbons (Fsp3) is 0.214. The zero-order valence-corrected chi connectivity index (χ0v) is 19.3. The molecule has 3 atom stereocenters. The summed E-state index contributed by atoms with van der Waals surface area (Å²) >= 11 is 0. The Morgan fingerprint density at radius 1 is 0.784 bits per heavy atom. The Morgan fingerprint density at radius 3 is 1.95 bits per heavy atom. The molecule has 6 nitrogen and oxygen atoms in total. The van der Waals surface area contributed by atoms with Crippen molar-refractivity contribution in [2.24, 2.45) is 11.8 Å². The summed E-state index contributed by atoms with van der Waals surface area (Å²) in [7, 11) is 0. The predicted molar refractivity (Wildman–Crippen MR) is 124 cm³/mol. The lowest BCUT2D eigenvalue weighted by atomic mass is 9.77. The van der Waals surface area contributed by atoms with Gasteiger partial charge in [-0.3, -0.25) is 19.2 Å². The number of ketones is 2. The van der Waals surface area contributed by atoms with Gasteiger partial charge in [0.15, 0.2) is 0 Å². The number of nitrogens with zero attached hydrogens (tertiary/aromatic N) is 1. The molecular formula is C28H18F3NO5. The summed E-state index contributed by atoms with van der Waals surface area (Å²) in [6, 6.07) is 17.0. The molecule has 3 unspecified atom stereocenters. The van der Waals surface area contributed by atoms with E-state index >= 15 is 0 Å². The minimum atomic E-state index is -4.85. The number of para-hydroxylation sites is 1. The first kappa shape index (κ1) is 23.3. The number of amides is 2. The average molecular weight is 505 g/mol. The maximum Gasteiger partial charge on any atom is 0.418 e. The summed E-state index contributed by atoms with van der Waals surface area (Å²) in [5.41, 5.74) is -2.75. The van der Waals surface area contributed by atoms with Crippen LogP contribution in [0.4, 0.5) is 18.9 Å². The van der Waals surface area contributed by atoms with Crippen molar-refractivity contribution in [3.63, 3.8) is 0 Å². The summed E-state index contributed by atoms with van der Waals surface area (Å²) in [6.07, 6.45) is -6.05. The van der Waals surface area contributed by atoms with Crippen molar-refractivity contribution in [1.82, 2.24) is 0 Å². The van der Waals surface area contributed by atoms with Crippen molar-refractivity contribution in [3.8, 4) is 0 Å². The van der Waals surface area contributed by atoms with Gasteiger partial charge < -0.3 is 4.74 Å². The second-order valence-electron chi connectivity index (χ2n) is 9.42. The number of alkyl halides is 3. The molecule has 9 heteroatoms. The zero-order valence-electron chi connectivity index (χ0n) is 19.3. The highest BCUT2D eigenvalue weighted by atomic mass is 19.4. The SMILES string of the molecule is Cc1ccc(C2OC3(C(=O)c4ccccc4C3=O)C3C(=O)N(c4ccccc4C(F)(F)F)C(=O)C23)cc1. The Kier molecular flexibility index (Phi) is 4.84. The lowest BCUT2D eigenvalue weighted by molar-refractivity contribution is -0.137. The molecule has 1 aliphatic carbocycles. The van der Waals surface area contributed by atoms with Crippen LogP contribution in [0.2, 0.25) is 0 Å². The van der Waals surface area contributed by atoms with Crippen LogP contribution in [-0.4, -0.2) is 29.0 Å². The summed E-state index contributed by atoms with van der Waals surface area (Å²) in [4.78, 5) is 55.6. The number of hydrogen-bond donors (Lipinski definition) is 0. The smallest absolute Gasteiger partial charge is 0.349 e. The van der Waals surface area contributed by atoms with Gasteiger partial charge in [-0.25, -0.2) is 4.90 Å². The fourth-order valence-corrected chi connectivity index (χ4v) is 5.72. The number of Topliss-reactive ketones (excluding diaryl/α,β-unsaturated/α-hetero) is 2. The number of ether oxygens (including phenoxy) is 1. The highest BCUT2D eigenvalue weighted by Gasteiger charge is 2.75. The van der Waals surface area contributed by atoms with Crippen LogP contribution in [0.1, 0.15) is 43.5 Å². The fourth-order valence-electron chi connectivity index (χ4n) is 5.72. The van der Waals surface area contributed by atoms with Crippen LogP contribution >= 0.6 is 0 Å². The number of halogens is 3. The Hall–Kier alpha value is -4.11. The van der Waals surface area contributed by atoms with Crippen molar-refractivity contribution in [2.45, 2.75) is 24.8 Å². The molecule has 3 aliphatic rings. The van der Waals surface area contributed by atoms with E-state index in [2.05, 4.69) is 0 Å². The first-order valence-corrected chi connectivity index (χ1v) is 11.5. The second-order valence-corrected chi connectivity index (χ2v) is 9.42. The average Bonchev–Trinajstić information content (AvgIpc) is 3.44. The van der Waals surface area contributed by atoms with Crippen LogP contribution in [0, 0.1) is 18.8 Å². The third-order valence-corrected chi connectivity index (χ3v) is 7.38. The van der Waals surface area contributed by atoms with Gasteiger partial charge in [-0.05, 0) is 24.6 Å². The van der Waals surface area contributed by atoms with E-state index in [-0.39, 0.29) is 11.1 Å². The third-order valence-electron chi connectivity index (χ3n) is 7.38. The molecule has 6 rings (SSSR count). The quantitative estimate of drug-likeness (QED) is 0.372. The molecular weight excluding hydrogens is 487 g/mol. The topological polar surface area (TPSA) is 80.8 Å². The van der Waals surface area contributed by atoms with Gasteiger partial charge >= 0.3 is 6.18 Å². The largest absolute Gasteiger partial charge is 0.418 e. The molecule has 1 spiro atoms. The van der Waals surface area contributed by atoms with Gasteiger partial charge in [-0.2, -0.15) is 13.2 Å². The van der Waals surface area contributed by atoms with E-state index < -0.39 is 64.3 Å². The van der Waals surface area contributed by atoms with Crippen LogP contribution in [0.5, 0.6) is 0 Å². The van der Waals surface area contributed by atoms with E-state index in [0.29, 0.717) is 10.5 Å². The van der Waals surface area contributed by atoms with E-state index in [4.69, 9.17) is 4.74 Å². The van der Waals surface area contributed by atoms with Gasteiger partial charge in [0.05, 0.1) is 29.2 Å². The van der Waals surface area contributed by atoms with Gasteiger partial charge in [-0.15, -0.1) is 0 Å². The van der Waals surface area contributed by atoms with Gasteiger partial charge in [0, 0.05) is 11.1 Å². The van der Waals surface area contributed by atoms with Gasteiger partial charge in [0.25, 0.3) is 0 Å². The van der Waals surface area contributed by atoms with Crippen molar-refractivity contribution < 1.29 is 37.1 Å². The van der Waals surface area contributed by atoms with E-state index in [9.17, 15) is 32.3 Å². The molecule has 2 amide bonds. The zero-order chi connectivity index (χ0) is 26.3. The van der Waals surface area contributed by atoms with Gasteiger partial charge in [-0.1, -0.05) is 66.2 Å². The number of benzene rings is 3. The van der Waals surface area contributed by atoms with Crippen molar-refractivity contribution in [2.75, 3.05) is 4.90 Å². The first-order chi connectivity index (χ1) is 17.6. The molecule has 2 aliphatic heterocycles. The van der Waals surface area contributed by atoms with Crippen LogP contribution in [0.3, 0.4) is 0 Å². The molecule has 0 saturated carbocycles. The molecule has 186 valence electrons. The number of aryl methyl sites for hydroxylation is 1. The van der Waals surface area contributed by atoms with Gasteiger partial charge in [0.1, 0.15) is 0 Å². The van der Waals surface area contributed by atoms with Crippen molar-refractivity contribution in [3.05, 3.63) is 101 Å². The van der Waals surface area contributed by atoms with Gasteiger partial charge in [0.2, 0.25) is 29.0 Å².